The zero-order valence-corrected chi connectivity index (χ0v) is 11.2. The lowest BCUT2D eigenvalue weighted by molar-refractivity contribution is 0.241. The van der Waals surface area contributed by atoms with Crippen molar-refractivity contribution in [1.82, 2.24) is 4.90 Å². The van der Waals surface area contributed by atoms with E-state index in [0.29, 0.717) is 12.0 Å². The minimum atomic E-state index is 0.533. The zero-order valence-electron chi connectivity index (χ0n) is 11.2. The van der Waals surface area contributed by atoms with Crippen LogP contribution in [0.5, 0.6) is 0 Å². The molecule has 0 aromatic heterocycles. The molecular weight excluding hydrogens is 208 g/mol. The van der Waals surface area contributed by atoms with Gasteiger partial charge in [0, 0.05) is 6.04 Å². The smallest absolute Gasteiger partial charge is 0.0391 e. The van der Waals surface area contributed by atoms with Gasteiger partial charge in [0.25, 0.3) is 0 Å². The summed E-state index contributed by atoms with van der Waals surface area (Å²) < 4.78 is 0. The summed E-state index contributed by atoms with van der Waals surface area (Å²) in [6.07, 6.45) is 1.24. The van der Waals surface area contributed by atoms with E-state index in [2.05, 4.69) is 43.9 Å². The monoisotopic (exact) mass is 232 g/mol. The average molecular weight is 232 g/mol. The van der Waals surface area contributed by atoms with Crippen molar-refractivity contribution in [1.29, 1.82) is 0 Å². The topological polar surface area (TPSA) is 29.3 Å². The second-order valence-corrected chi connectivity index (χ2v) is 5.22. The van der Waals surface area contributed by atoms with Crippen LogP contribution in [0, 0.1) is 19.8 Å². The summed E-state index contributed by atoms with van der Waals surface area (Å²) in [6.45, 7) is 9.74. The van der Waals surface area contributed by atoms with Crippen molar-refractivity contribution >= 4 is 0 Å². The quantitative estimate of drug-likeness (QED) is 0.868. The van der Waals surface area contributed by atoms with Gasteiger partial charge in [0.1, 0.15) is 0 Å². The van der Waals surface area contributed by atoms with E-state index in [0.717, 1.165) is 13.1 Å². The van der Waals surface area contributed by atoms with Crippen molar-refractivity contribution in [2.45, 2.75) is 33.2 Å². The van der Waals surface area contributed by atoms with E-state index in [1.54, 1.807) is 0 Å². The van der Waals surface area contributed by atoms with Crippen molar-refractivity contribution in [3.63, 3.8) is 0 Å². The number of rotatable bonds is 3. The normalized spacial score (nSPS) is 25.4. The lowest BCUT2D eigenvalue weighted by atomic mass is 9.90. The maximum atomic E-state index is 5.93. The summed E-state index contributed by atoms with van der Waals surface area (Å²) in [5, 5.41) is 0. The Bertz CT molecular complexity index is 375. The van der Waals surface area contributed by atoms with Crippen LogP contribution < -0.4 is 5.73 Å². The molecule has 1 heterocycles. The van der Waals surface area contributed by atoms with E-state index in [9.17, 15) is 0 Å². The van der Waals surface area contributed by atoms with Gasteiger partial charge in [0.2, 0.25) is 0 Å². The number of likely N-dealkylation sites (tertiary alicyclic amines) is 1. The molecule has 2 unspecified atom stereocenters. The Labute approximate surface area is 105 Å². The van der Waals surface area contributed by atoms with Crippen molar-refractivity contribution in [2.75, 3.05) is 19.6 Å². The molecule has 0 saturated carbocycles. The van der Waals surface area contributed by atoms with Gasteiger partial charge >= 0.3 is 0 Å². The third-order valence-electron chi connectivity index (χ3n) is 4.08. The van der Waals surface area contributed by atoms with Gasteiger partial charge in [-0.1, -0.05) is 30.7 Å². The van der Waals surface area contributed by atoms with Crippen LogP contribution in [0.1, 0.15) is 36.1 Å². The molecule has 0 bridgehead atoms. The van der Waals surface area contributed by atoms with Gasteiger partial charge in [-0.2, -0.15) is 0 Å². The highest BCUT2D eigenvalue weighted by Gasteiger charge is 2.33. The Kier molecular flexibility index (Phi) is 3.85. The molecule has 2 heteroatoms. The van der Waals surface area contributed by atoms with E-state index < -0.39 is 0 Å². The van der Waals surface area contributed by atoms with Crippen molar-refractivity contribution in [2.24, 2.45) is 11.7 Å². The second-order valence-electron chi connectivity index (χ2n) is 5.22. The average Bonchev–Trinajstić information content (AvgIpc) is 2.71. The van der Waals surface area contributed by atoms with Crippen molar-refractivity contribution < 1.29 is 0 Å². The van der Waals surface area contributed by atoms with E-state index in [1.165, 1.54) is 29.7 Å². The highest BCUT2D eigenvalue weighted by Crippen LogP contribution is 2.37. The molecule has 0 spiro atoms. The summed E-state index contributed by atoms with van der Waals surface area (Å²) in [4.78, 5) is 2.56. The molecule has 0 aliphatic carbocycles. The Morgan fingerprint density at radius 2 is 2.12 bits per heavy atom. The van der Waals surface area contributed by atoms with Gasteiger partial charge < -0.3 is 5.73 Å². The van der Waals surface area contributed by atoms with Crippen LogP contribution >= 0.6 is 0 Å². The first-order chi connectivity index (χ1) is 8.17. The number of benzene rings is 1. The van der Waals surface area contributed by atoms with E-state index in [-0.39, 0.29) is 0 Å². The predicted molar refractivity (Wildman–Crippen MR) is 73.1 cm³/mol. The molecule has 0 amide bonds. The van der Waals surface area contributed by atoms with E-state index >= 15 is 0 Å². The van der Waals surface area contributed by atoms with Gasteiger partial charge in [0.05, 0.1) is 0 Å². The molecule has 1 aromatic rings. The summed E-state index contributed by atoms with van der Waals surface area (Å²) >= 11 is 0. The van der Waals surface area contributed by atoms with Crippen LogP contribution in [0.15, 0.2) is 18.2 Å². The van der Waals surface area contributed by atoms with Gasteiger partial charge in [0.15, 0.2) is 0 Å². The fourth-order valence-corrected chi connectivity index (χ4v) is 3.14. The SMILES string of the molecule is CCN1CCC(CN)C1c1ccc(C)cc1C. The minimum absolute atomic E-state index is 0.533. The molecule has 1 aromatic carbocycles. The first-order valence-electron chi connectivity index (χ1n) is 6.68. The molecule has 1 aliphatic heterocycles. The summed E-state index contributed by atoms with van der Waals surface area (Å²) in [6, 6.07) is 7.34. The van der Waals surface area contributed by atoms with E-state index in [4.69, 9.17) is 5.73 Å². The van der Waals surface area contributed by atoms with Crippen molar-refractivity contribution in [3.8, 4) is 0 Å². The molecule has 2 nitrogen and oxygen atoms in total. The number of aryl methyl sites for hydroxylation is 2. The number of hydrogen-bond donors (Lipinski definition) is 1. The molecule has 1 aliphatic rings. The predicted octanol–water partition coefficient (Wildman–Crippen LogP) is 2.65. The molecule has 2 rings (SSSR count). The zero-order chi connectivity index (χ0) is 12.4. The summed E-state index contributed by atoms with van der Waals surface area (Å²) in [5.41, 5.74) is 10.2. The molecule has 0 radical (unpaired) electrons. The largest absolute Gasteiger partial charge is 0.330 e. The highest BCUT2D eigenvalue weighted by molar-refractivity contribution is 5.34. The van der Waals surface area contributed by atoms with Crippen molar-refractivity contribution in [3.05, 3.63) is 34.9 Å². The van der Waals surface area contributed by atoms with Crippen LogP contribution in [0.4, 0.5) is 0 Å². The molecule has 2 N–H and O–H groups in total. The van der Waals surface area contributed by atoms with Gasteiger partial charge in [-0.3, -0.25) is 4.90 Å². The van der Waals surface area contributed by atoms with Crippen LogP contribution in [0.2, 0.25) is 0 Å². The van der Waals surface area contributed by atoms with Gasteiger partial charge in [-0.25, -0.2) is 0 Å². The minimum Gasteiger partial charge on any atom is -0.330 e. The number of nitrogens with two attached hydrogens (primary N) is 1. The molecule has 17 heavy (non-hydrogen) atoms. The number of hydrogen-bond acceptors (Lipinski definition) is 2. The number of nitrogens with zero attached hydrogens (tertiary/aromatic N) is 1. The fourth-order valence-electron chi connectivity index (χ4n) is 3.14. The Balaban J connectivity index is 2.34. The molecule has 94 valence electrons. The second kappa shape index (κ2) is 5.19. The molecule has 1 fully saturated rings. The Morgan fingerprint density at radius 1 is 1.35 bits per heavy atom. The van der Waals surface area contributed by atoms with Gasteiger partial charge in [-0.15, -0.1) is 0 Å². The van der Waals surface area contributed by atoms with E-state index in [1.807, 2.05) is 0 Å². The lowest BCUT2D eigenvalue weighted by Crippen LogP contribution is -2.28. The molecule has 2 atom stereocenters. The van der Waals surface area contributed by atoms with Crippen LogP contribution in [0.3, 0.4) is 0 Å². The summed E-state index contributed by atoms with van der Waals surface area (Å²) in [7, 11) is 0. The standard InChI is InChI=1S/C15H24N2/c1-4-17-8-7-13(10-16)15(17)14-6-5-11(2)9-12(14)3/h5-6,9,13,15H,4,7-8,10,16H2,1-3H3. The third kappa shape index (κ3) is 2.38. The molecular formula is C15H24N2. The maximum Gasteiger partial charge on any atom is 0.0391 e. The van der Waals surface area contributed by atoms with Crippen LogP contribution in [0.25, 0.3) is 0 Å². The Hall–Kier alpha value is -0.860. The van der Waals surface area contributed by atoms with Gasteiger partial charge in [-0.05, 0) is 56.9 Å². The fraction of sp³-hybridized carbons (Fsp3) is 0.600. The van der Waals surface area contributed by atoms with Crippen LogP contribution in [-0.4, -0.2) is 24.5 Å². The Morgan fingerprint density at radius 3 is 2.71 bits per heavy atom. The highest BCUT2D eigenvalue weighted by atomic mass is 15.2. The first kappa shape index (κ1) is 12.6. The first-order valence-corrected chi connectivity index (χ1v) is 6.68. The maximum absolute atomic E-state index is 5.93. The lowest BCUT2D eigenvalue weighted by Gasteiger charge is -2.28. The molecule has 1 saturated heterocycles. The summed E-state index contributed by atoms with van der Waals surface area (Å²) in [5.74, 6) is 0.622. The third-order valence-corrected chi connectivity index (χ3v) is 4.08. The van der Waals surface area contributed by atoms with Crippen LogP contribution in [-0.2, 0) is 0 Å².